The van der Waals surface area contributed by atoms with E-state index in [9.17, 15) is 8.42 Å². The molecule has 0 fully saturated rings. The molecular formula is C8H13N3O2S. The number of rotatable bonds is 3. The number of nitrogen functional groups attached to an aromatic ring is 1. The van der Waals surface area contributed by atoms with Gasteiger partial charge in [0.2, 0.25) is 10.0 Å². The third kappa shape index (κ3) is 1.95. The average molecular weight is 215 g/mol. The minimum absolute atomic E-state index is 0.0469. The van der Waals surface area contributed by atoms with Crippen LogP contribution < -0.4 is 10.0 Å². The van der Waals surface area contributed by atoms with E-state index in [4.69, 9.17) is 5.73 Å². The van der Waals surface area contributed by atoms with Crippen LogP contribution in [0.5, 0.6) is 0 Å². The molecule has 0 atom stereocenters. The van der Waals surface area contributed by atoms with Crippen molar-refractivity contribution in [3.63, 3.8) is 0 Å². The molecule has 78 valence electrons. The van der Waals surface area contributed by atoms with Crippen LogP contribution in [0.4, 0.5) is 11.4 Å². The molecule has 1 heterocycles. The van der Waals surface area contributed by atoms with Crippen molar-refractivity contribution >= 4 is 21.4 Å². The molecule has 1 rings (SSSR count). The van der Waals surface area contributed by atoms with Crippen LogP contribution >= 0.6 is 0 Å². The molecule has 0 unspecified atom stereocenters. The van der Waals surface area contributed by atoms with Crippen LogP contribution in [-0.2, 0) is 10.0 Å². The highest BCUT2D eigenvalue weighted by molar-refractivity contribution is 7.92. The summed E-state index contributed by atoms with van der Waals surface area (Å²) in [5.74, 6) is 0.0469. The Balaban J connectivity index is 3.14. The van der Waals surface area contributed by atoms with Crippen molar-refractivity contribution in [3.05, 3.63) is 18.5 Å². The molecule has 5 nitrogen and oxygen atoms in total. The molecule has 0 aliphatic carbocycles. The molecule has 0 aliphatic rings. The molecule has 0 spiro atoms. The van der Waals surface area contributed by atoms with E-state index in [0.29, 0.717) is 11.4 Å². The number of hydrogen-bond donors (Lipinski definition) is 1. The monoisotopic (exact) mass is 215 g/mol. The van der Waals surface area contributed by atoms with Crippen molar-refractivity contribution in [2.24, 2.45) is 0 Å². The van der Waals surface area contributed by atoms with Gasteiger partial charge in [0.25, 0.3) is 0 Å². The lowest BCUT2D eigenvalue weighted by Gasteiger charge is -2.19. The van der Waals surface area contributed by atoms with Crippen LogP contribution in [0.3, 0.4) is 0 Å². The van der Waals surface area contributed by atoms with Crippen LogP contribution in [0.2, 0.25) is 0 Å². The maximum absolute atomic E-state index is 11.5. The summed E-state index contributed by atoms with van der Waals surface area (Å²) in [5.41, 5.74) is 6.42. The average Bonchev–Trinajstić information content (AvgIpc) is 2.17. The normalized spacial score (nSPS) is 11.3. The first-order valence-electron chi connectivity index (χ1n) is 4.15. The van der Waals surface area contributed by atoms with Gasteiger partial charge in [-0.3, -0.25) is 9.29 Å². The molecule has 0 radical (unpaired) electrons. The van der Waals surface area contributed by atoms with Gasteiger partial charge >= 0.3 is 0 Å². The van der Waals surface area contributed by atoms with E-state index in [1.54, 1.807) is 13.0 Å². The van der Waals surface area contributed by atoms with Crippen LogP contribution in [0, 0.1) is 0 Å². The predicted octanol–water partition coefficient (Wildman–Crippen LogP) is 0.450. The van der Waals surface area contributed by atoms with E-state index < -0.39 is 10.0 Å². The van der Waals surface area contributed by atoms with Crippen molar-refractivity contribution in [1.82, 2.24) is 4.98 Å². The SMILES string of the molecule is CCS(=O)(=O)N(C)c1ccncc1N. The highest BCUT2D eigenvalue weighted by Gasteiger charge is 2.17. The Labute approximate surface area is 83.6 Å². The van der Waals surface area contributed by atoms with E-state index in [1.807, 2.05) is 0 Å². The molecular weight excluding hydrogens is 202 g/mol. The van der Waals surface area contributed by atoms with Crippen molar-refractivity contribution < 1.29 is 8.42 Å². The summed E-state index contributed by atoms with van der Waals surface area (Å²) in [6, 6.07) is 1.57. The zero-order chi connectivity index (χ0) is 10.8. The zero-order valence-electron chi connectivity index (χ0n) is 8.14. The summed E-state index contributed by atoms with van der Waals surface area (Å²) in [6.45, 7) is 1.59. The lowest BCUT2D eigenvalue weighted by atomic mass is 10.3. The second-order valence-corrected chi connectivity index (χ2v) is 5.09. The second kappa shape index (κ2) is 3.83. The fraction of sp³-hybridized carbons (Fsp3) is 0.375. The maximum atomic E-state index is 11.5. The Morgan fingerprint density at radius 2 is 2.21 bits per heavy atom. The number of hydrogen-bond acceptors (Lipinski definition) is 4. The highest BCUT2D eigenvalue weighted by atomic mass is 32.2. The van der Waals surface area contributed by atoms with Gasteiger partial charge in [-0.1, -0.05) is 0 Å². The first-order chi connectivity index (χ1) is 6.49. The third-order valence-electron chi connectivity index (χ3n) is 1.95. The second-order valence-electron chi connectivity index (χ2n) is 2.80. The molecule has 0 saturated carbocycles. The van der Waals surface area contributed by atoms with Gasteiger partial charge in [0.1, 0.15) is 0 Å². The first-order valence-corrected chi connectivity index (χ1v) is 5.76. The summed E-state index contributed by atoms with van der Waals surface area (Å²) in [6.07, 6.45) is 2.93. The van der Waals surface area contributed by atoms with E-state index in [-0.39, 0.29) is 5.75 Å². The van der Waals surface area contributed by atoms with Gasteiger partial charge in [0.15, 0.2) is 0 Å². The minimum atomic E-state index is -3.25. The van der Waals surface area contributed by atoms with Crippen molar-refractivity contribution in [1.29, 1.82) is 0 Å². The van der Waals surface area contributed by atoms with Gasteiger partial charge in [-0.25, -0.2) is 8.42 Å². The van der Waals surface area contributed by atoms with Crippen LogP contribution in [0.25, 0.3) is 0 Å². The number of aromatic nitrogens is 1. The summed E-state index contributed by atoms with van der Waals surface area (Å²) >= 11 is 0. The van der Waals surface area contributed by atoms with Crippen molar-refractivity contribution in [3.8, 4) is 0 Å². The van der Waals surface area contributed by atoms with Gasteiger partial charge < -0.3 is 5.73 Å². The van der Waals surface area contributed by atoms with Gasteiger partial charge in [0, 0.05) is 13.2 Å². The predicted molar refractivity (Wildman–Crippen MR) is 56.5 cm³/mol. The number of nitrogens with two attached hydrogens (primary N) is 1. The van der Waals surface area contributed by atoms with Gasteiger partial charge in [-0.05, 0) is 13.0 Å². The quantitative estimate of drug-likeness (QED) is 0.794. The summed E-state index contributed by atoms with van der Waals surface area (Å²) < 4.78 is 24.2. The van der Waals surface area contributed by atoms with Gasteiger partial charge in [-0.2, -0.15) is 0 Å². The summed E-state index contributed by atoms with van der Waals surface area (Å²) in [5, 5.41) is 0. The molecule has 0 saturated heterocycles. The molecule has 0 amide bonds. The summed E-state index contributed by atoms with van der Waals surface area (Å²) in [7, 11) is -1.77. The van der Waals surface area contributed by atoms with E-state index in [1.165, 1.54) is 23.7 Å². The molecule has 6 heteroatoms. The Kier molecular flexibility index (Phi) is 2.95. The molecule has 0 aliphatic heterocycles. The van der Waals surface area contributed by atoms with Gasteiger partial charge in [-0.15, -0.1) is 0 Å². The van der Waals surface area contributed by atoms with Gasteiger partial charge in [0.05, 0.1) is 23.3 Å². The van der Waals surface area contributed by atoms with E-state index in [0.717, 1.165) is 0 Å². The molecule has 1 aromatic rings. The summed E-state index contributed by atoms with van der Waals surface area (Å²) in [4.78, 5) is 3.79. The fourth-order valence-corrected chi connectivity index (χ4v) is 1.88. The molecule has 0 aromatic carbocycles. The number of pyridine rings is 1. The standard InChI is InChI=1S/C8H13N3O2S/c1-3-14(12,13)11(2)8-4-5-10-6-7(8)9/h4-6H,3,9H2,1-2H3. The van der Waals surface area contributed by atoms with Crippen molar-refractivity contribution in [2.75, 3.05) is 22.8 Å². The topological polar surface area (TPSA) is 76.3 Å². The Morgan fingerprint density at radius 3 is 2.71 bits per heavy atom. The Bertz CT molecular complexity index is 416. The minimum Gasteiger partial charge on any atom is -0.396 e. The van der Waals surface area contributed by atoms with Crippen molar-refractivity contribution in [2.45, 2.75) is 6.92 Å². The lowest BCUT2D eigenvalue weighted by Crippen LogP contribution is -2.28. The lowest BCUT2D eigenvalue weighted by molar-refractivity contribution is 0.595. The molecule has 1 aromatic heterocycles. The maximum Gasteiger partial charge on any atom is 0.234 e. The first kappa shape index (κ1) is 10.8. The van der Waals surface area contributed by atoms with Crippen LogP contribution in [0.1, 0.15) is 6.92 Å². The molecule has 0 bridgehead atoms. The largest absolute Gasteiger partial charge is 0.396 e. The molecule has 14 heavy (non-hydrogen) atoms. The van der Waals surface area contributed by atoms with Crippen LogP contribution in [0.15, 0.2) is 18.5 Å². The fourth-order valence-electron chi connectivity index (χ4n) is 1.03. The highest BCUT2D eigenvalue weighted by Crippen LogP contribution is 2.22. The smallest absolute Gasteiger partial charge is 0.234 e. The Morgan fingerprint density at radius 1 is 1.57 bits per heavy atom. The third-order valence-corrected chi connectivity index (χ3v) is 3.71. The van der Waals surface area contributed by atoms with E-state index >= 15 is 0 Å². The number of nitrogens with zero attached hydrogens (tertiary/aromatic N) is 2. The Hall–Kier alpha value is -1.30. The number of anilines is 2. The van der Waals surface area contributed by atoms with Crippen LogP contribution in [-0.4, -0.2) is 26.2 Å². The number of sulfonamides is 1. The van der Waals surface area contributed by atoms with E-state index in [2.05, 4.69) is 4.98 Å². The zero-order valence-corrected chi connectivity index (χ0v) is 8.95. The molecule has 2 N–H and O–H groups in total.